The molecular formula is C14H24N4. The minimum atomic E-state index is 0.592. The molecule has 1 aromatic rings. The Kier molecular flexibility index (Phi) is 4.19. The monoisotopic (exact) mass is 248 g/mol. The molecule has 1 aromatic heterocycles. The van der Waals surface area contributed by atoms with Gasteiger partial charge in [0.05, 0.1) is 5.69 Å². The molecular weight excluding hydrogens is 224 g/mol. The van der Waals surface area contributed by atoms with Gasteiger partial charge < -0.3 is 10.2 Å². The molecule has 2 unspecified atom stereocenters. The predicted molar refractivity (Wildman–Crippen MR) is 75.9 cm³/mol. The van der Waals surface area contributed by atoms with Crippen LogP contribution >= 0.6 is 0 Å². The van der Waals surface area contributed by atoms with Crippen LogP contribution in [0.25, 0.3) is 0 Å². The average Bonchev–Trinajstić information content (AvgIpc) is 2.36. The summed E-state index contributed by atoms with van der Waals surface area (Å²) in [5, 5.41) is 3.15. The molecule has 4 nitrogen and oxygen atoms in total. The van der Waals surface area contributed by atoms with Gasteiger partial charge in [0, 0.05) is 43.6 Å². The normalized spacial score (nSPS) is 25.4. The van der Waals surface area contributed by atoms with Gasteiger partial charge in [-0.3, -0.25) is 9.88 Å². The van der Waals surface area contributed by atoms with E-state index in [0.29, 0.717) is 12.1 Å². The second-order valence-electron chi connectivity index (χ2n) is 5.30. The zero-order chi connectivity index (χ0) is 13.1. The van der Waals surface area contributed by atoms with Crippen LogP contribution < -0.4 is 10.2 Å². The van der Waals surface area contributed by atoms with Gasteiger partial charge in [0.25, 0.3) is 0 Å². The van der Waals surface area contributed by atoms with Crippen molar-refractivity contribution in [1.82, 2.24) is 15.2 Å². The molecule has 18 heavy (non-hydrogen) atoms. The molecule has 1 aliphatic rings. The summed E-state index contributed by atoms with van der Waals surface area (Å²) in [5.74, 6) is 0. The molecule has 1 saturated heterocycles. The highest BCUT2D eigenvalue weighted by Gasteiger charge is 2.26. The first-order chi connectivity index (χ1) is 8.61. The standard InChI is InChI=1S/C14H24N4/c1-11-9-18(10-12(2)17(11)4)14-5-6-16-13(7-14)8-15-3/h5-7,11-12,15H,8-10H2,1-4H3. The topological polar surface area (TPSA) is 31.4 Å². The SMILES string of the molecule is CNCc1cc(N2CC(C)N(C)C(C)C2)ccn1. The van der Waals surface area contributed by atoms with Crippen molar-refractivity contribution in [3.63, 3.8) is 0 Å². The van der Waals surface area contributed by atoms with Crippen LogP contribution in [0.1, 0.15) is 19.5 Å². The number of anilines is 1. The highest BCUT2D eigenvalue weighted by Crippen LogP contribution is 2.21. The fourth-order valence-corrected chi connectivity index (χ4v) is 2.56. The highest BCUT2D eigenvalue weighted by atomic mass is 15.3. The Morgan fingerprint density at radius 3 is 2.61 bits per heavy atom. The molecule has 0 aromatic carbocycles. The van der Waals surface area contributed by atoms with E-state index >= 15 is 0 Å². The van der Waals surface area contributed by atoms with Gasteiger partial charge in [-0.25, -0.2) is 0 Å². The lowest BCUT2D eigenvalue weighted by Gasteiger charge is -2.43. The Morgan fingerprint density at radius 1 is 1.33 bits per heavy atom. The number of nitrogens with one attached hydrogen (secondary N) is 1. The summed E-state index contributed by atoms with van der Waals surface area (Å²) in [5.41, 5.74) is 2.40. The molecule has 0 saturated carbocycles. The van der Waals surface area contributed by atoms with Crippen molar-refractivity contribution < 1.29 is 0 Å². The number of pyridine rings is 1. The molecule has 1 N–H and O–H groups in total. The van der Waals surface area contributed by atoms with E-state index in [-0.39, 0.29) is 0 Å². The Balaban J connectivity index is 2.13. The molecule has 4 heteroatoms. The fourth-order valence-electron chi connectivity index (χ4n) is 2.56. The summed E-state index contributed by atoms with van der Waals surface area (Å²) < 4.78 is 0. The van der Waals surface area contributed by atoms with Gasteiger partial charge in [-0.1, -0.05) is 0 Å². The predicted octanol–water partition coefficient (Wildman–Crippen LogP) is 1.33. The maximum absolute atomic E-state index is 4.38. The third-order valence-corrected chi connectivity index (χ3v) is 3.88. The maximum Gasteiger partial charge on any atom is 0.0562 e. The number of nitrogens with zero attached hydrogens (tertiary/aromatic N) is 3. The third kappa shape index (κ3) is 2.82. The molecule has 1 fully saturated rings. The van der Waals surface area contributed by atoms with Crippen molar-refractivity contribution in [1.29, 1.82) is 0 Å². The van der Waals surface area contributed by atoms with E-state index in [1.807, 2.05) is 13.2 Å². The van der Waals surface area contributed by atoms with Gasteiger partial charge in [-0.05, 0) is 40.1 Å². The van der Waals surface area contributed by atoms with Crippen molar-refractivity contribution in [3.8, 4) is 0 Å². The molecule has 100 valence electrons. The van der Waals surface area contributed by atoms with Gasteiger partial charge in [-0.15, -0.1) is 0 Å². The van der Waals surface area contributed by atoms with Crippen LogP contribution in [-0.4, -0.2) is 49.2 Å². The van der Waals surface area contributed by atoms with Crippen LogP contribution in [0.4, 0.5) is 5.69 Å². The van der Waals surface area contributed by atoms with Crippen molar-refractivity contribution in [3.05, 3.63) is 24.0 Å². The lowest BCUT2D eigenvalue weighted by atomic mass is 10.1. The minimum Gasteiger partial charge on any atom is -0.368 e. The lowest BCUT2D eigenvalue weighted by Crippen LogP contribution is -2.55. The quantitative estimate of drug-likeness (QED) is 0.874. The highest BCUT2D eigenvalue weighted by molar-refractivity contribution is 5.47. The van der Waals surface area contributed by atoms with E-state index in [4.69, 9.17) is 0 Å². The number of aromatic nitrogens is 1. The summed E-state index contributed by atoms with van der Waals surface area (Å²) in [4.78, 5) is 9.30. The Morgan fingerprint density at radius 2 is 2.00 bits per heavy atom. The Labute approximate surface area is 110 Å². The van der Waals surface area contributed by atoms with Crippen LogP contribution in [-0.2, 0) is 6.54 Å². The molecule has 2 heterocycles. The van der Waals surface area contributed by atoms with E-state index in [2.05, 4.69) is 53.1 Å². The Bertz CT molecular complexity index is 381. The molecule has 0 radical (unpaired) electrons. The molecule has 0 bridgehead atoms. The fraction of sp³-hybridized carbons (Fsp3) is 0.643. The summed E-state index contributed by atoms with van der Waals surface area (Å²) in [6.07, 6.45) is 1.91. The third-order valence-electron chi connectivity index (χ3n) is 3.88. The van der Waals surface area contributed by atoms with E-state index in [1.54, 1.807) is 0 Å². The summed E-state index contributed by atoms with van der Waals surface area (Å²) in [6, 6.07) is 5.50. The van der Waals surface area contributed by atoms with Crippen LogP contribution in [0.3, 0.4) is 0 Å². The number of piperazine rings is 1. The van der Waals surface area contributed by atoms with Crippen molar-refractivity contribution in [2.45, 2.75) is 32.5 Å². The second kappa shape index (κ2) is 5.67. The van der Waals surface area contributed by atoms with Gasteiger partial charge in [-0.2, -0.15) is 0 Å². The van der Waals surface area contributed by atoms with E-state index in [0.717, 1.165) is 25.3 Å². The molecule has 0 amide bonds. The zero-order valence-corrected chi connectivity index (χ0v) is 11.8. The lowest BCUT2D eigenvalue weighted by molar-refractivity contribution is 0.170. The molecule has 2 rings (SSSR count). The van der Waals surface area contributed by atoms with Gasteiger partial charge in [0.2, 0.25) is 0 Å². The van der Waals surface area contributed by atoms with Crippen molar-refractivity contribution in [2.75, 3.05) is 32.1 Å². The van der Waals surface area contributed by atoms with E-state index in [1.165, 1.54) is 5.69 Å². The summed E-state index contributed by atoms with van der Waals surface area (Å²) in [6.45, 7) is 7.58. The number of rotatable bonds is 3. The maximum atomic E-state index is 4.38. The van der Waals surface area contributed by atoms with Crippen LogP contribution in [0.2, 0.25) is 0 Å². The first-order valence-corrected chi connectivity index (χ1v) is 6.68. The molecule has 0 spiro atoms. The van der Waals surface area contributed by atoms with Crippen molar-refractivity contribution >= 4 is 5.69 Å². The molecule has 1 aliphatic heterocycles. The molecule has 0 aliphatic carbocycles. The van der Waals surface area contributed by atoms with Crippen molar-refractivity contribution in [2.24, 2.45) is 0 Å². The van der Waals surface area contributed by atoms with Gasteiger partial charge in [0.15, 0.2) is 0 Å². The summed E-state index contributed by atoms with van der Waals surface area (Å²) >= 11 is 0. The van der Waals surface area contributed by atoms with Crippen LogP contribution in [0.15, 0.2) is 18.3 Å². The van der Waals surface area contributed by atoms with Gasteiger partial charge >= 0.3 is 0 Å². The van der Waals surface area contributed by atoms with Crippen LogP contribution in [0.5, 0.6) is 0 Å². The minimum absolute atomic E-state index is 0.592. The first-order valence-electron chi connectivity index (χ1n) is 6.68. The van der Waals surface area contributed by atoms with Crippen LogP contribution in [0, 0.1) is 0 Å². The molecule has 2 atom stereocenters. The number of hydrogen-bond acceptors (Lipinski definition) is 4. The number of likely N-dealkylation sites (N-methyl/N-ethyl adjacent to an activating group) is 1. The van der Waals surface area contributed by atoms with E-state index in [9.17, 15) is 0 Å². The first kappa shape index (κ1) is 13.3. The average molecular weight is 248 g/mol. The summed E-state index contributed by atoms with van der Waals surface area (Å²) in [7, 11) is 4.17. The number of hydrogen-bond donors (Lipinski definition) is 1. The van der Waals surface area contributed by atoms with Gasteiger partial charge in [0.1, 0.15) is 0 Å². The second-order valence-corrected chi connectivity index (χ2v) is 5.30. The largest absolute Gasteiger partial charge is 0.368 e. The smallest absolute Gasteiger partial charge is 0.0562 e. The Hall–Kier alpha value is -1.13. The zero-order valence-electron chi connectivity index (χ0n) is 11.8. The van der Waals surface area contributed by atoms with E-state index < -0.39 is 0 Å².